The van der Waals surface area contributed by atoms with E-state index in [4.69, 9.17) is 0 Å². The van der Waals surface area contributed by atoms with E-state index in [9.17, 15) is 13.2 Å². The van der Waals surface area contributed by atoms with Gasteiger partial charge >= 0.3 is 0 Å². The largest absolute Gasteiger partial charge is 0.382 e. The first-order chi connectivity index (χ1) is 7.80. The van der Waals surface area contributed by atoms with Crippen LogP contribution in [0.5, 0.6) is 0 Å². The van der Waals surface area contributed by atoms with E-state index in [1.54, 1.807) is 0 Å². The molecule has 0 aliphatic carbocycles. The van der Waals surface area contributed by atoms with Crippen molar-refractivity contribution < 1.29 is 13.2 Å². The monoisotopic (exact) mass is 243 g/mol. The topological polar surface area (TPSA) is 12.0 Å². The van der Waals surface area contributed by atoms with E-state index in [0.29, 0.717) is 18.5 Å². The highest BCUT2D eigenvalue weighted by atomic mass is 19.2. The van der Waals surface area contributed by atoms with E-state index in [2.05, 4.69) is 26.1 Å². The molecule has 1 unspecified atom stereocenters. The minimum absolute atomic E-state index is 0.0476. The Labute approximate surface area is 99.0 Å². The average Bonchev–Trinajstić information content (AvgIpc) is 2.24. The van der Waals surface area contributed by atoms with Crippen molar-refractivity contribution in [2.24, 2.45) is 11.3 Å². The maximum absolute atomic E-state index is 13.5. The van der Waals surface area contributed by atoms with Gasteiger partial charge in [-0.15, -0.1) is 0 Å². The second kappa shape index (κ2) is 3.93. The molecule has 17 heavy (non-hydrogen) atoms. The molecule has 1 heterocycles. The molecule has 1 aromatic rings. The fourth-order valence-corrected chi connectivity index (χ4v) is 2.17. The first-order valence-electron chi connectivity index (χ1n) is 5.71. The van der Waals surface area contributed by atoms with Crippen LogP contribution in [0.2, 0.25) is 0 Å². The van der Waals surface area contributed by atoms with Gasteiger partial charge in [-0.2, -0.15) is 0 Å². The second-order valence-corrected chi connectivity index (χ2v) is 5.67. The average molecular weight is 243 g/mol. The zero-order valence-corrected chi connectivity index (χ0v) is 10.2. The molecular formula is C13H16F3N. The molecule has 1 nitrogen and oxygen atoms in total. The Morgan fingerprint density at radius 3 is 2.41 bits per heavy atom. The van der Waals surface area contributed by atoms with Gasteiger partial charge < -0.3 is 5.32 Å². The Hall–Kier alpha value is -1.19. The molecule has 1 aliphatic heterocycles. The lowest BCUT2D eigenvalue weighted by molar-refractivity contribution is 0.245. The van der Waals surface area contributed by atoms with Crippen LogP contribution in [-0.4, -0.2) is 6.54 Å². The van der Waals surface area contributed by atoms with Gasteiger partial charge in [0.15, 0.2) is 17.5 Å². The highest BCUT2D eigenvalue weighted by Gasteiger charge is 2.31. The smallest absolute Gasteiger partial charge is 0.196 e. The summed E-state index contributed by atoms with van der Waals surface area (Å²) in [7, 11) is 0. The van der Waals surface area contributed by atoms with Gasteiger partial charge in [0.1, 0.15) is 0 Å². The number of benzene rings is 1. The Kier molecular flexibility index (Phi) is 2.84. The molecule has 0 saturated heterocycles. The minimum atomic E-state index is -1.40. The molecule has 0 saturated carbocycles. The number of rotatable bonds is 0. The Morgan fingerprint density at radius 1 is 1.18 bits per heavy atom. The summed E-state index contributed by atoms with van der Waals surface area (Å²) in [6.45, 7) is 6.83. The van der Waals surface area contributed by atoms with Crippen molar-refractivity contribution in [2.75, 3.05) is 11.9 Å². The second-order valence-electron chi connectivity index (χ2n) is 5.67. The van der Waals surface area contributed by atoms with Gasteiger partial charge in [-0.3, -0.25) is 0 Å². The van der Waals surface area contributed by atoms with Crippen LogP contribution in [-0.2, 0) is 6.42 Å². The number of fused-ring (bicyclic) bond motifs is 1. The molecule has 0 radical (unpaired) electrons. The summed E-state index contributed by atoms with van der Waals surface area (Å²) in [6.07, 6.45) is 0.569. The van der Waals surface area contributed by atoms with E-state index >= 15 is 0 Å². The molecule has 1 aromatic carbocycles. The van der Waals surface area contributed by atoms with E-state index < -0.39 is 17.5 Å². The summed E-state index contributed by atoms with van der Waals surface area (Å²) in [5.41, 5.74) is 0.684. The maximum Gasteiger partial charge on any atom is 0.196 e. The highest BCUT2D eigenvalue weighted by molar-refractivity contribution is 5.55. The molecule has 0 spiro atoms. The number of nitrogens with one attached hydrogen (secondary N) is 1. The van der Waals surface area contributed by atoms with Crippen LogP contribution in [0.15, 0.2) is 6.07 Å². The van der Waals surface area contributed by atoms with Crippen molar-refractivity contribution >= 4 is 5.69 Å². The van der Waals surface area contributed by atoms with Crippen molar-refractivity contribution in [3.8, 4) is 0 Å². The van der Waals surface area contributed by atoms with Crippen LogP contribution in [0.25, 0.3) is 0 Å². The number of halogens is 3. The molecule has 1 aliphatic rings. The van der Waals surface area contributed by atoms with Gasteiger partial charge in [0.2, 0.25) is 0 Å². The lowest BCUT2D eigenvalue weighted by Gasteiger charge is -2.35. The number of hydrogen-bond donors (Lipinski definition) is 1. The summed E-state index contributed by atoms with van der Waals surface area (Å²) in [5.74, 6) is -3.34. The Balaban J connectivity index is 2.40. The Bertz CT molecular complexity index is 449. The third kappa shape index (κ3) is 2.13. The summed E-state index contributed by atoms with van der Waals surface area (Å²) < 4.78 is 39.7. The summed E-state index contributed by atoms with van der Waals surface area (Å²) >= 11 is 0. The highest BCUT2D eigenvalue weighted by Crippen LogP contribution is 2.37. The molecule has 94 valence electrons. The Morgan fingerprint density at radius 2 is 1.82 bits per heavy atom. The van der Waals surface area contributed by atoms with Crippen LogP contribution in [0.4, 0.5) is 18.9 Å². The van der Waals surface area contributed by atoms with Crippen molar-refractivity contribution in [1.29, 1.82) is 0 Å². The molecule has 0 fully saturated rings. The van der Waals surface area contributed by atoms with Crippen molar-refractivity contribution in [2.45, 2.75) is 27.2 Å². The SMILES string of the molecule is CC(C)(C)C1CNc2c(cc(F)c(F)c2F)C1. The van der Waals surface area contributed by atoms with Gasteiger partial charge in [-0.25, -0.2) is 13.2 Å². The van der Waals surface area contributed by atoms with Gasteiger partial charge in [0.25, 0.3) is 0 Å². The fourth-order valence-electron chi connectivity index (χ4n) is 2.17. The zero-order valence-electron chi connectivity index (χ0n) is 10.2. The lowest BCUT2D eigenvalue weighted by atomic mass is 9.75. The van der Waals surface area contributed by atoms with E-state index in [-0.39, 0.29) is 17.0 Å². The standard InChI is InChI=1S/C13H16F3N/c1-13(2,3)8-4-7-5-9(14)10(15)11(16)12(7)17-6-8/h5,8,17H,4,6H2,1-3H3. The predicted molar refractivity (Wildman–Crippen MR) is 61.5 cm³/mol. The summed E-state index contributed by atoms with van der Waals surface area (Å²) in [5, 5.41) is 2.87. The van der Waals surface area contributed by atoms with Crippen LogP contribution in [0, 0.1) is 28.8 Å². The third-order valence-electron chi connectivity index (χ3n) is 3.46. The van der Waals surface area contributed by atoms with Gasteiger partial charge in [0, 0.05) is 6.54 Å². The van der Waals surface area contributed by atoms with Crippen molar-refractivity contribution in [3.05, 3.63) is 29.1 Å². The molecule has 0 amide bonds. The molecule has 4 heteroatoms. The van der Waals surface area contributed by atoms with Gasteiger partial charge in [-0.1, -0.05) is 20.8 Å². The minimum Gasteiger partial charge on any atom is -0.382 e. The quantitative estimate of drug-likeness (QED) is 0.684. The van der Waals surface area contributed by atoms with Crippen LogP contribution in [0.1, 0.15) is 26.3 Å². The summed E-state index contributed by atoms with van der Waals surface area (Å²) in [6, 6.07) is 1.10. The van der Waals surface area contributed by atoms with Gasteiger partial charge in [0.05, 0.1) is 5.69 Å². The fraction of sp³-hybridized carbons (Fsp3) is 0.538. The van der Waals surface area contributed by atoms with Crippen LogP contribution in [0.3, 0.4) is 0 Å². The van der Waals surface area contributed by atoms with E-state index in [1.807, 2.05) is 0 Å². The maximum atomic E-state index is 13.5. The van der Waals surface area contributed by atoms with Gasteiger partial charge in [-0.05, 0) is 29.4 Å². The summed E-state index contributed by atoms with van der Waals surface area (Å²) in [4.78, 5) is 0. The van der Waals surface area contributed by atoms with Crippen LogP contribution >= 0.6 is 0 Å². The third-order valence-corrected chi connectivity index (χ3v) is 3.46. The molecule has 1 N–H and O–H groups in total. The first kappa shape index (κ1) is 12.3. The molecule has 1 atom stereocenters. The van der Waals surface area contributed by atoms with Crippen molar-refractivity contribution in [1.82, 2.24) is 0 Å². The lowest BCUT2D eigenvalue weighted by Crippen LogP contribution is -2.33. The normalized spacial score (nSPS) is 19.8. The molecule has 0 bridgehead atoms. The molecular weight excluding hydrogens is 227 g/mol. The van der Waals surface area contributed by atoms with Crippen molar-refractivity contribution in [3.63, 3.8) is 0 Å². The van der Waals surface area contributed by atoms with Crippen LogP contribution < -0.4 is 5.32 Å². The molecule has 0 aromatic heterocycles. The zero-order chi connectivity index (χ0) is 12.8. The molecule has 2 rings (SSSR count). The number of anilines is 1. The first-order valence-corrected chi connectivity index (χ1v) is 5.71. The number of hydrogen-bond acceptors (Lipinski definition) is 1. The van der Waals surface area contributed by atoms with E-state index in [0.717, 1.165) is 6.07 Å². The van der Waals surface area contributed by atoms with E-state index in [1.165, 1.54) is 0 Å². The predicted octanol–water partition coefficient (Wildman–Crippen LogP) is 3.73.